The van der Waals surface area contributed by atoms with Crippen LogP contribution in [0, 0.1) is 24.4 Å². The van der Waals surface area contributed by atoms with Crippen molar-refractivity contribution in [3.05, 3.63) is 40.2 Å². The second-order valence-electron chi connectivity index (χ2n) is 6.79. The second-order valence-corrected chi connectivity index (χ2v) is 7.57. The number of aryl methyl sites for hydroxylation is 1. The normalized spacial score (nSPS) is 10.8. The Hall–Kier alpha value is -2.86. The van der Waals surface area contributed by atoms with Gasteiger partial charge < -0.3 is 19.7 Å². The van der Waals surface area contributed by atoms with Gasteiger partial charge >= 0.3 is 12.0 Å². The summed E-state index contributed by atoms with van der Waals surface area (Å²) in [6.45, 7) is 1.68. The molecule has 31 heavy (non-hydrogen) atoms. The van der Waals surface area contributed by atoms with Gasteiger partial charge in [0.15, 0.2) is 17.2 Å². The summed E-state index contributed by atoms with van der Waals surface area (Å²) in [5.74, 6) is -4.76. The van der Waals surface area contributed by atoms with Gasteiger partial charge in [-0.3, -0.25) is 5.32 Å². The maximum absolute atomic E-state index is 14.1. The van der Waals surface area contributed by atoms with E-state index in [1.54, 1.807) is 0 Å². The second kappa shape index (κ2) is 11.0. The van der Waals surface area contributed by atoms with E-state index in [1.807, 2.05) is 19.0 Å². The number of hydrogen-bond donors (Lipinski definition) is 2. The highest BCUT2D eigenvalue weighted by atomic mass is 32.1. The van der Waals surface area contributed by atoms with Crippen LogP contribution >= 0.6 is 11.5 Å². The van der Waals surface area contributed by atoms with Crippen LogP contribution in [-0.2, 0) is 11.3 Å². The van der Waals surface area contributed by atoms with Crippen LogP contribution in [0.1, 0.15) is 27.9 Å². The molecule has 1 heterocycles. The minimum atomic E-state index is -1.39. The van der Waals surface area contributed by atoms with Gasteiger partial charge in [-0.2, -0.15) is 4.37 Å². The van der Waals surface area contributed by atoms with Gasteiger partial charge in [0, 0.05) is 6.54 Å². The Morgan fingerprint density at radius 2 is 1.94 bits per heavy atom. The van der Waals surface area contributed by atoms with Crippen molar-refractivity contribution < 1.29 is 32.2 Å². The standard InChI is InChI=1S/C19H23F3N4O4S/c1-10-8-12(20)11(15(22)14(10)21)9-30-16-13(18(27)29-4)17(31-25-16)24-19(28)23-6-5-7-26(2)3/h8H,5-7,9H2,1-4H3,(H2,23,24,28). The molecule has 170 valence electrons. The lowest BCUT2D eigenvalue weighted by molar-refractivity contribution is 0.0596. The van der Waals surface area contributed by atoms with Gasteiger partial charge in [-0.1, -0.05) is 0 Å². The SMILES string of the molecule is COC(=O)c1c(OCc2c(F)cc(C)c(F)c2F)nsc1NC(=O)NCCCN(C)C. The van der Waals surface area contributed by atoms with Crippen molar-refractivity contribution in [2.75, 3.05) is 39.6 Å². The Bertz CT molecular complexity index is 953. The number of methoxy groups -OCH3 is 1. The molecular formula is C19H23F3N4O4S. The first-order valence-corrected chi connectivity index (χ1v) is 9.96. The lowest BCUT2D eigenvalue weighted by Crippen LogP contribution is -2.31. The third-order valence-corrected chi connectivity index (χ3v) is 4.88. The van der Waals surface area contributed by atoms with E-state index in [0.717, 1.165) is 31.3 Å². The number of aromatic nitrogens is 1. The summed E-state index contributed by atoms with van der Waals surface area (Å²) in [6, 6.07) is 0.268. The summed E-state index contributed by atoms with van der Waals surface area (Å²) in [5, 5.41) is 5.14. The third-order valence-electron chi connectivity index (χ3n) is 4.13. The summed E-state index contributed by atoms with van der Waals surface area (Å²) in [4.78, 5) is 26.2. The van der Waals surface area contributed by atoms with Gasteiger partial charge in [0.1, 0.15) is 17.4 Å². The van der Waals surface area contributed by atoms with Crippen molar-refractivity contribution in [1.82, 2.24) is 14.6 Å². The van der Waals surface area contributed by atoms with E-state index in [0.29, 0.717) is 13.0 Å². The number of amides is 2. The Morgan fingerprint density at radius 3 is 2.58 bits per heavy atom. The molecule has 0 atom stereocenters. The van der Waals surface area contributed by atoms with Crippen LogP contribution < -0.4 is 15.4 Å². The van der Waals surface area contributed by atoms with Gasteiger partial charge in [-0.15, -0.1) is 0 Å². The number of benzene rings is 1. The molecule has 2 N–H and O–H groups in total. The molecule has 0 unspecified atom stereocenters. The monoisotopic (exact) mass is 460 g/mol. The zero-order valence-electron chi connectivity index (χ0n) is 17.5. The van der Waals surface area contributed by atoms with Gasteiger partial charge in [-0.25, -0.2) is 22.8 Å². The Balaban J connectivity index is 2.13. The van der Waals surface area contributed by atoms with Crippen LogP contribution in [-0.4, -0.2) is 55.6 Å². The minimum absolute atomic E-state index is 0.0305. The molecule has 0 radical (unpaired) electrons. The van der Waals surface area contributed by atoms with Gasteiger partial charge in [0.2, 0.25) is 5.88 Å². The van der Waals surface area contributed by atoms with Crippen LogP contribution in [0.5, 0.6) is 5.88 Å². The van der Waals surface area contributed by atoms with E-state index < -0.39 is 41.6 Å². The molecule has 0 aliphatic heterocycles. The number of nitrogens with zero attached hydrogens (tertiary/aromatic N) is 2. The molecule has 0 aliphatic carbocycles. The van der Waals surface area contributed by atoms with Crippen molar-refractivity contribution in [2.24, 2.45) is 0 Å². The first-order valence-electron chi connectivity index (χ1n) is 9.19. The summed E-state index contributed by atoms with van der Waals surface area (Å²) in [5.41, 5.74) is -1.06. The maximum atomic E-state index is 14.1. The summed E-state index contributed by atoms with van der Waals surface area (Å²) in [7, 11) is 4.93. The first kappa shape index (κ1) is 24.4. The van der Waals surface area contributed by atoms with Crippen molar-refractivity contribution in [2.45, 2.75) is 20.0 Å². The van der Waals surface area contributed by atoms with E-state index >= 15 is 0 Å². The van der Waals surface area contributed by atoms with Crippen LogP contribution in [0.4, 0.5) is 23.0 Å². The minimum Gasteiger partial charge on any atom is -0.471 e. The molecule has 2 amide bonds. The molecule has 2 rings (SSSR count). The number of anilines is 1. The summed E-state index contributed by atoms with van der Waals surface area (Å²) in [6.07, 6.45) is 0.714. The average molecular weight is 460 g/mol. The predicted octanol–water partition coefficient (Wildman–Crippen LogP) is 3.31. The zero-order valence-corrected chi connectivity index (χ0v) is 18.3. The summed E-state index contributed by atoms with van der Waals surface area (Å²) < 4.78 is 55.7. The number of hydrogen-bond acceptors (Lipinski definition) is 7. The van der Waals surface area contributed by atoms with E-state index in [4.69, 9.17) is 4.74 Å². The molecule has 12 heteroatoms. The van der Waals surface area contributed by atoms with Crippen molar-refractivity contribution >= 4 is 28.5 Å². The Labute approximate surface area is 181 Å². The molecule has 0 fully saturated rings. The van der Waals surface area contributed by atoms with Crippen molar-refractivity contribution in [3.63, 3.8) is 0 Å². The lowest BCUT2D eigenvalue weighted by Gasteiger charge is -2.11. The smallest absolute Gasteiger partial charge is 0.346 e. The average Bonchev–Trinajstić information content (AvgIpc) is 3.11. The number of ether oxygens (including phenoxy) is 2. The molecule has 0 spiro atoms. The number of urea groups is 1. The largest absolute Gasteiger partial charge is 0.471 e. The lowest BCUT2D eigenvalue weighted by atomic mass is 10.1. The molecule has 8 nitrogen and oxygen atoms in total. The number of carbonyl (C=O) groups excluding carboxylic acids is 2. The molecule has 0 aliphatic rings. The number of esters is 1. The zero-order chi connectivity index (χ0) is 23.1. The first-order chi connectivity index (χ1) is 14.6. The fraction of sp³-hybridized carbons (Fsp3) is 0.421. The number of rotatable bonds is 9. The van der Waals surface area contributed by atoms with Crippen LogP contribution in [0.3, 0.4) is 0 Å². The van der Waals surface area contributed by atoms with Crippen molar-refractivity contribution in [1.29, 1.82) is 0 Å². The van der Waals surface area contributed by atoms with Crippen LogP contribution in [0.15, 0.2) is 6.07 Å². The van der Waals surface area contributed by atoms with E-state index in [-0.39, 0.29) is 22.0 Å². The van der Waals surface area contributed by atoms with Gasteiger partial charge in [0.25, 0.3) is 0 Å². The third kappa shape index (κ3) is 6.31. The fourth-order valence-electron chi connectivity index (χ4n) is 2.51. The molecular weight excluding hydrogens is 437 g/mol. The quantitative estimate of drug-likeness (QED) is 0.339. The number of nitrogens with one attached hydrogen (secondary N) is 2. The number of halogens is 3. The van der Waals surface area contributed by atoms with Gasteiger partial charge in [0.05, 0.1) is 12.7 Å². The molecule has 1 aromatic heterocycles. The van der Waals surface area contributed by atoms with Crippen LogP contribution in [0.2, 0.25) is 0 Å². The fourth-order valence-corrected chi connectivity index (χ4v) is 3.23. The predicted molar refractivity (Wildman–Crippen MR) is 109 cm³/mol. The Morgan fingerprint density at radius 1 is 1.23 bits per heavy atom. The molecule has 2 aromatic rings. The molecule has 0 saturated carbocycles. The van der Waals surface area contributed by atoms with Crippen LogP contribution in [0.25, 0.3) is 0 Å². The van der Waals surface area contributed by atoms with E-state index in [2.05, 4.69) is 19.7 Å². The highest BCUT2D eigenvalue weighted by Crippen LogP contribution is 2.32. The summed E-state index contributed by atoms with van der Waals surface area (Å²) >= 11 is 0.724. The number of carbonyl (C=O) groups is 2. The van der Waals surface area contributed by atoms with E-state index in [9.17, 15) is 22.8 Å². The highest BCUT2D eigenvalue weighted by Gasteiger charge is 2.26. The molecule has 0 saturated heterocycles. The van der Waals surface area contributed by atoms with Gasteiger partial charge in [-0.05, 0) is 57.1 Å². The maximum Gasteiger partial charge on any atom is 0.346 e. The Kier molecular flexibility index (Phi) is 8.63. The topological polar surface area (TPSA) is 92.8 Å². The highest BCUT2D eigenvalue weighted by molar-refractivity contribution is 7.11. The van der Waals surface area contributed by atoms with Crippen molar-refractivity contribution in [3.8, 4) is 5.88 Å². The molecule has 1 aromatic carbocycles. The molecule has 0 bridgehead atoms. The van der Waals surface area contributed by atoms with E-state index in [1.165, 1.54) is 6.92 Å².